The number of esters is 2. The predicted octanol–water partition coefficient (Wildman–Crippen LogP) is 4.62. The number of ether oxygens (including phenoxy) is 3. The summed E-state index contributed by atoms with van der Waals surface area (Å²) in [7, 11) is 2.77. The zero-order chi connectivity index (χ0) is 23.7. The molecule has 2 aromatic carbocycles. The number of hydrogen-bond acceptors (Lipinski definition) is 7. The molecule has 172 valence electrons. The van der Waals surface area contributed by atoms with Gasteiger partial charge in [0.25, 0.3) is 0 Å². The average molecular weight is 443 g/mol. The summed E-state index contributed by atoms with van der Waals surface area (Å²) < 4.78 is 16.2. The van der Waals surface area contributed by atoms with E-state index in [0.717, 1.165) is 6.42 Å². The molecule has 1 N–H and O–H groups in total. The molecule has 32 heavy (non-hydrogen) atoms. The summed E-state index contributed by atoms with van der Waals surface area (Å²) in [5.41, 5.74) is 0.470. The van der Waals surface area contributed by atoms with Crippen molar-refractivity contribution in [2.75, 3.05) is 14.2 Å². The first kappa shape index (κ1) is 23.6. The van der Waals surface area contributed by atoms with E-state index in [4.69, 9.17) is 14.2 Å². The Bertz CT molecular complexity index is 1070. The molecule has 0 saturated carbocycles. The molecule has 7 heteroatoms. The van der Waals surface area contributed by atoms with Gasteiger partial charge in [0, 0.05) is 29.7 Å². The third kappa shape index (κ3) is 3.92. The zero-order valence-electron chi connectivity index (χ0n) is 19.4. The summed E-state index contributed by atoms with van der Waals surface area (Å²) in [6.07, 6.45) is 1.32. The molecule has 3 rings (SSSR count). The fourth-order valence-electron chi connectivity index (χ4n) is 4.76. The fraction of sp³-hybridized carbons (Fsp3) is 0.480. The quantitative estimate of drug-likeness (QED) is 0.515. The third-order valence-electron chi connectivity index (χ3n) is 6.26. The molecule has 0 saturated heterocycles. The molecule has 0 aromatic heterocycles. The number of methoxy groups -OCH3 is 2. The van der Waals surface area contributed by atoms with Crippen LogP contribution in [0, 0.1) is 17.8 Å². The van der Waals surface area contributed by atoms with Gasteiger partial charge in [0.1, 0.15) is 17.2 Å². The van der Waals surface area contributed by atoms with Gasteiger partial charge in [-0.2, -0.15) is 0 Å². The summed E-state index contributed by atoms with van der Waals surface area (Å²) >= 11 is 0. The first-order valence-corrected chi connectivity index (χ1v) is 10.8. The van der Waals surface area contributed by atoms with E-state index in [2.05, 4.69) is 13.8 Å². The van der Waals surface area contributed by atoms with E-state index in [1.54, 1.807) is 25.1 Å². The predicted molar refractivity (Wildman–Crippen MR) is 119 cm³/mol. The van der Waals surface area contributed by atoms with Crippen molar-refractivity contribution in [1.82, 2.24) is 0 Å². The highest BCUT2D eigenvalue weighted by molar-refractivity contribution is 6.13. The first-order valence-electron chi connectivity index (χ1n) is 10.8. The molecule has 3 atom stereocenters. The van der Waals surface area contributed by atoms with Gasteiger partial charge in [0.2, 0.25) is 0 Å². The normalized spacial score (nSPS) is 20.2. The van der Waals surface area contributed by atoms with Gasteiger partial charge in [0.15, 0.2) is 5.78 Å². The maximum Gasteiger partial charge on any atom is 0.310 e. The van der Waals surface area contributed by atoms with Crippen molar-refractivity contribution in [2.24, 2.45) is 17.8 Å². The third-order valence-corrected chi connectivity index (χ3v) is 6.26. The fourth-order valence-corrected chi connectivity index (χ4v) is 4.76. The first-order chi connectivity index (χ1) is 15.1. The second-order valence-electron chi connectivity index (χ2n) is 8.72. The Kier molecular flexibility index (Phi) is 6.77. The molecule has 0 fully saturated rings. The lowest BCUT2D eigenvalue weighted by atomic mass is 9.66. The van der Waals surface area contributed by atoms with Crippen LogP contribution in [0.2, 0.25) is 0 Å². The summed E-state index contributed by atoms with van der Waals surface area (Å²) in [6, 6.07) is 5.03. The number of phenols is 1. The molecular formula is C25H30O7. The van der Waals surface area contributed by atoms with Crippen molar-refractivity contribution in [3.8, 4) is 17.2 Å². The van der Waals surface area contributed by atoms with Crippen molar-refractivity contribution in [3.63, 3.8) is 0 Å². The molecule has 0 amide bonds. The largest absolute Gasteiger partial charge is 0.507 e. The van der Waals surface area contributed by atoms with Crippen LogP contribution in [0.4, 0.5) is 0 Å². The van der Waals surface area contributed by atoms with Crippen LogP contribution in [0.3, 0.4) is 0 Å². The number of Topliss-reactive ketones (excluding diaryl/α,β-unsaturated/α-hetero) is 1. The lowest BCUT2D eigenvalue weighted by molar-refractivity contribution is -0.148. The number of benzene rings is 2. The Hall–Kier alpha value is -3.09. The van der Waals surface area contributed by atoms with E-state index >= 15 is 0 Å². The van der Waals surface area contributed by atoms with Gasteiger partial charge >= 0.3 is 11.9 Å². The Morgan fingerprint density at radius 1 is 1.19 bits per heavy atom. The van der Waals surface area contributed by atoms with E-state index in [0.29, 0.717) is 34.4 Å². The van der Waals surface area contributed by atoms with Crippen LogP contribution < -0.4 is 9.47 Å². The molecule has 0 aliphatic heterocycles. The molecule has 1 aliphatic carbocycles. The van der Waals surface area contributed by atoms with Crippen molar-refractivity contribution in [2.45, 2.75) is 46.5 Å². The molecule has 0 spiro atoms. The minimum Gasteiger partial charge on any atom is -0.507 e. The van der Waals surface area contributed by atoms with Crippen LogP contribution in [0.25, 0.3) is 10.8 Å². The van der Waals surface area contributed by atoms with Crippen LogP contribution >= 0.6 is 0 Å². The van der Waals surface area contributed by atoms with Crippen LogP contribution in [0.1, 0.15) is 62.4 Å². The minimum absolute atomic E-state index is 0.100. The van der Waals surface area contributed by atoms with Crippen LogP contribution in [0.5, 0.6) is 17.2 Å². The zero-order valence-corrected chi connectivity index (χ0v) is 19.4. The number of carbonyl (C=O) groups excluding carboxylic acids is 3. The molecule has 1 aliphatic rings. The molecular weight excluding hydrogens is 412 g/mol. The van der Waals surface area contributed by atoms with E-state index in [-0.39, 0.29) is 22.8 Å². The lowest BCUT2D eigenvalue weighted by Crippen LogP contribution is -2.39. The van der Waals surface area contributed by atoms with Gasteiger partial charge in [-0.05, 0) is 18.4 Å². The number of rotatable bonds is 6. The summed E-state index contributed by atoms with van der Waals surface area (Å²) in [5.74, 6) is -2.72. The summed E-state index contributed by atoms with van der Waals surface area (Å²) in [6.45, 7) is 7.09. The molecule has 0 heterocycles. The average Bonchev–Trinajstić information content (AvgIpc) is 2.75. The van der Waals surface area contributed by atoms with Gasteiger partial charge in [-0.1, -0.05) is 39.3 Å². The van der Waals surface area contributed by atoms with Crippen molar-refractivity contribution >= 4 is 28.5 Å². The SMILES string of the molecule is COC(=O)[C@H]1[C@@H](C)C(=O)c2c(c(OC(C)=O)c3c(OC)cccc3c2O)[C@@H]1CCC(C)C. The standard InChI is InChI=1S/C25H30O7/c1-12(2)10-11-15-18(25(29)31-6)13(3)22(27)21-20(15)24(32-14(4)26)19-16(23(21)28)8-7-9-17(19)30-5/h7-9,12-13,15,18,28H,10-11H2,1-6H3/t13-,15-,18+/m1/s1. The van der Waals surface area contributed by atoms with E-state index in [9.17, 15) is 19.5 Å². The highest BCUT2D eigenvalue weighted by atomic mass is 16.5. The highest BCUT2D eigenvalue weighted by Crippen LogP contribution is 2.54. The Morgan fingerprint density at radius 2 is 1.88 bits per heavy atom. The highest BCUT2D eigenvalue weighted by Gasteiger charge is 2.48. The second kappa shape index (κ2) is 9.18. The van der Waals surface area contributed by atoms with Gasteiger partial charge in [-0.3, -0.25) is 14.4 Å². The number of aromatic hydroxyl groups is 1. The minimum atomic E-state index is -0.764. The van der Waals surface area contributed by atoms with Gasteiger partial charge in [0.05, 0.1) is 31.1 Å². The van der Waals surface area contributed by atoms with Gasteiger partial charge in [-0.25, -0.2) is 0 Å². The number of carbonyl (C=O) groups is 3. The Labute approximate surface area is 187 Å². The maximum absolute atomic E-state index is 13.4. The number of fused-ring (bicyclic) bond motifs is 2. The smallest absolute Gasteiger partial charge is 0.310 e. The topological polar surface area (TPSA) is 99.1 Å². The number of ketones is 1. The lowest BCUT2D eigenvalue weighted by Gasteiger charge is -2.37. The summed E-state index contributed by atoms with van der Waals surface area (Å²) in [4.78, 5) is 38.4. The molecule has 0 radical (unpaired) electrons. The maximum atomic E-state index is 13.4. The molecule has 2 aromatic rings. The summed E-state index contributed by atoms with van der Waals surface area (Å²) in [5, 5.41) is 11.9. The van der Waals surface area contributed by atoms with Gasteiger partial charge < -0.3 is 19.3 Å². The molecule has 0 unspecified atom stereocenters. The molecule has 0 bridgehead atoms. The van der Waals surface area contributed by atoms with Crippen LogP contribution in [0.15, 0.2) is 18.2 Å². The Balaban J connectivity index is 2.47. The van der Waals surface area contributed by atoms with Crippen molar-refractivity contribution in [1.29, 1.82) is 0 Å². The van der Waals surface area contributed by atoms with Crippen LogP contribution in [-0.2, 0) is 14.3 Å². The Morgan fingerprint density at radius 3 is 2.44 bits per heavy atom. The van der Waals surface area contributed by atoms with E-state index < -0.39 is 29.7 Å². The van der Waals surface area contributed by atoms with Crippen molar-refractivity contribution in [3.05, 3.63) is 29.3 Å². The number of phenolic OH excluding ortho intramolecular Hbond substituents is 1. The van der Waals surface area contributed by atoms with E-state index in [1.807, 2.05) is 0 Å². The monoisotopic (exact) mass is 442 g/mol. The van der Waals surface area contributed by atoms with Gasteiger partial charge in [-0.15, -0.1) is 0 Å². The van der Waals surface area contributed by atoms with E-state index in [1.165, 1.54) is 21.1 Å². The van der Waals surface area contributed by atoms with Crippen molar-refractivity contribution < 1.29 is 33.7 Å². The van der Waals surface area contributed by atoms with Crippen LogP contribution in [-0.4, -0.2) is 37.0 Å². The number of hydrogen-bond donors (Lipinski definition) is 1. The molecule has 7 nitrogen and oxygen atoms in total. The second-order valence-corrected chi connectivity index (χ2v) is 8.72.